The number of carbonyl (C=O) groups is 1. The van der Waals surface area contributed by atoms with Crippen LogP contribution in [0.25, 0.3) is 0 Å². The van der Waals surface area contributed by atoms with Crippen molar-refractivity contribution in [1.82, 2.24) is 20.4 Å². The molecule has 1 amide bonds. The zero-order chi connectivity index (χ0) is 22.9. The highest BCUT2D eigenvalue weighted by atomic mass is 127. The van der Waals surface area contributed by atoms with Gasteiger partial charge in [0.15, 0.2) is 5.96 Å². The molecule has 186 valence electrons. The number of likely N-dealkylation sites (tertiary alicyclic amines) is 2. The first-order valence-electron chi connectivity index (χ1n) is 12.1. The lowest BCUT2D eigenvalue weighted by Gasteiger charge is -2.39. The molecule has 0 radical (unpaired) electrons. The number of hydrogen-bond acceptors (Lipinski definition) is 4. The summed E-state index contributed by atoms with van der Waals surface area (Å²) in [6, 6.07) is 8.89. The SMILES string of the molecule is CCNC(=NCC1CCCN(C)C1c1ccc(OC)cc1)N1CCC(CC(=O)NC)CC1.I. The fourth-order valence-corrected chi connectivity index (χ4v) is 5.12. The smallest absolute Gasteiger partial charge is 0.220 e. The number of amides is 1. The molecule has 0 spiro atoms. The standard InChI is InChI=1S/C25H41N5O2.HI/c1-5-27-25(30-15-12-19(13-16-30)17-23(31)26-2)28-18-21-7-6-14-29(3)24(21)20-8-10-22(32-4)11-9-20;/h8-11,19,21,24H,5-7,12-18H2,1-4H3,(H,26,31)(H,27,28);1H. The minimum Gasteiger partial charge on any atom is -0.497 e. The van der Waals surface area contributed by atoms with Crippen molar-refractivity contribution in [3.05, 3.63) is 29.8 Å². The van der Waals surface area contributed by atoms with Gasteiger partial charge in [0.1, 0.15) is 5.75 Å². The Bertz CT molecular complexity index is 750. The minimum absolute atomic E-state index is 0. The van der Waals surface area contributed by atoms with Crippen molar-refractivity contribution in [3.63, 3.8) is 0 Å². The Morgan fingerprint density at radius 2 is 1.85 bits per heavy atom. The van der Waals surface area contributed by atoms with Crippen LogP contribution in [0.4, 0.5) is 0 Å². The van der Waals surface area contributed by atoms with E-state index in [-0.39, 0.29) is 29.9 Å². The Kier molecular flexibility index (Phi) is 11.7. The van der Waals surface area contributed by atoms with E-state index >= 15 is 0 Å². The van der Waals surface area contributed by atoms with E-state index in [2.05, 4.69) is 58.7 Å². The second-order valence-electron chi connectivity index (χ2n) is 9.10. The summed E-state index contributed by atoms with van der Waals surface area (Å²) >= 11 is 0. The molecule has 0 bridgehead atoms. The molecule has 2 atom stereocenters. The first kappa shape index (κ1) is 27.7. The molecular formula is C25H42IN5O2. The number of ether oxygens (including phenoxy) is 1. The van der Waals surface area contributed by atoms with Crippen LogP contribution >= 0.6 is 24.0 Å². The van der Waals surface area contributed by atoms with Gasteiger partial charge in [-0.25, -0.2) is 0 Å². The summed E-state index contributed by atoms with van der Waals surface area (Å²) in [5.41, 5.74) is 1.34. The van der Waals surface area contributed by atoms with Crippen LogP contribution in [0.5, 0.6) is 5.75 Å². The van der Waals surface area contributed by atoms with Crippen LogP contribution in [-0.4, -0.2) is 75.6 Å². The van der Waals surface area contributed by atoms with E-state index in [0.29, 0.717) is 24.3 Å². The number of nitrogens with one attached hydrogen (secondary N) is 2. The van der Waals surface area contributed by atoms with Crippen LogP contribution in [0.1, 0.15) is 50.6 Å². The number of methoxy groups -OCH3 is 1. The molecule has 0 saturated carbocycles. The van der Waals surface area contributed by atoms with Gasteiger partial charge in [-0.1, -0.05) is 12.1 Å². The van der Waals surface area contributed by atoms with Crippen molar-refractivity contribution >= 4 is 35.8 Å². The second-order valence-corrected chi connectivity index (χ2v) is 9.10. The van der Waals surface area contributed by atoms with Crippen LogP contribution < -0.4 is 15.4 Å². The molecule has 1 aromatic carbocycles. The maximum atomic E-state index is 11.7. The number of nitrogens with zero attached hydrogens (tertiary/aromatic N) is 3. The van der Waals surface area contributed by atoms with Gasteiger partial charge in [0, 0.05) is 45.7 Å². The molecule has 7 nitrogen and oxygen atoms in total. The van der Waals surface area contributed by atoms with Crippen molar-refractivity contribution in [2.24, 2.45) is 16.8 Å². The van der Waals surface area contributed by atoms with Gasteiger partial charge in [-0.05, 0) is 75.7 Å². The van der Waals surface area contributed by atoms with Crippen LogP contribution in [0.3, 0.4) is 0 Å². The highest BCUT2D eigenvalue weighted by Crippen LogP contribution is 2.36. The Morgan fingerprint density at radius 3 is 2.45 bits per heavy atom. The lowest BCUT2D eigenvalue weighted by atomic mass is 9.85. The normalized spacial score (nSPS) is 22.4. The van der Waals surface area contributed by atoms with Crippen LogP contribution in [-0.2, 0) is 4.79 Å². The number of piperidine rings is 2. The van der Waals surface area contributed by atoms with Gasteiger partial charge in [0.25, 0.3) is 0 Å². The van der Waals surface area contributed by atoms with Crippen molar-refractivity contribution < 1.29 is 9.53 Å². The first-order valence-corrected chi connectivity index (χ1v) is 12.1. The van der Waals surface area contributed by atoms with Gasteiger partial charge in [-0.15, -0.1) is 24.0 Å². The molecule has 33 heavy (non-hydrogen) atoms. The van der Waals surface area contributed by atoms with E-state index in [0.717, 1.165) is 57.3 Å². The average molecular weight is 572 g/mol. The lowest BCUT2D eigenvalue weighted by molar-refractivity contribution is -0.121. The number of rotatable bonds is 7. The van der Waals surface area contributed by atoms with Gasteiger partial charge in [-0.2, -0.15) is 0 Å². The van der Waals surface area contributed by atoms with Gasteiger partial charge in [-0.3, -0.25) is 14.7 Å². The van der Waals surface area contributed by atoms with E-state index < -0.39 is 0 Å². The zero-order valence-corrected chi connectivity index (χ0v) is 23.0. The van der Waals surface area contributed by atoms with Crippen LogP contribution in [0.2, 0.25) is 0 Å². The summed E-state index contributed by atoms with van der Waals surface area (Å²) in [6.45, 7) is 6.85. The highest BCUT2D eigenvalue weighted by molar-refractivity contribution is 14.0. The molecule has 0 aromatic heterocycles. The zero-order valence-electron chi connectivity index (χ0n) is 20.7. The third-order valence-electron chi connectivity index (χ3n) is 6.94. The maximum Gasteiger partial charge on any atom is 0.220 e. The van der Waals surface area contributed by atoms with E-state index in [9.17, 15) is 4.79 Å². The average Bonchev–Trinajstić information content (AvgIpc) is 2.82. The van der Waals surface area contributed by atoms with Crippen LogP contribution in [0.15, 0.2) is 29.3 Å². The fraction of sp³-hybridized carbons (Fsp3) is 0.680. The molecule has 1 aromatic rings. The third-order valence-corrected chi connectivity index (χ3v) is 6.94. The molecule has 8 heteroatoms. The Labute approximate surface area is 216 Å². The van der Waals surface area contributed by atoms with Gasteiger partial charge >= 0.3 is 0 Å². The molecule has 2 saturated heterocycles. The number of halogens is 1. The first-order chi connectivity index (χ1) is 15.5. The van der Waals surface area contributed by atoms with Gasteiger partial charge in [0.05, 0.1) is 7.11 Å². The molecule has 2 unspecified atom stereocenters. The predicted octanol–water partition coefficient (Wildman–Crippen LogP) is 3.51. The summed E-state index contributed by atoms with van der Waals surface area (Å²) in [5, 5.41) is 6.26. The Balaban J connectivity index is 0.00000385. The third kappa shape index (κ3) is 7.73. The second kappa shape index (κ2) is 14.0. The summed E-state index contributed by atoms with van der Waals surface area (Å²) in [6.07, 6.45) is 5.12. The van der Waals surface area contributed by atoms with Crippen molar-refractivity contribution in [1.29, 1.82) is 0 Å². The molecule has 2 fully saturated rings. The minimum atomic E-state index is 0. The molecule has 2 heterocycles. The monoisotopic (exact) mass is 571 g/mol. The van der Waals surface area contributed by atoms with Gasteiger partial charge in [0.2, 0.25) is 5.91 Å². The summed E-state index contributed by atoms with van der Waals surface area (Å²) < 4.78 is 5.35. The van der Waals surface area contributed by atoms with E-state index in [1.165, 1.54) is 18.4 Å². The number of carbonyl (C=O) groups excluding carboxylic acids is 1. The van der Waals surface area contributed by atoms with E-state index in [1.807, 2.05) is 0 Å². The molecular weight excluding hydrogens is 529 g/mol. The Morgan fingerprint density at radius 1 is 1.15 bits per heavy atom. The summed E-state index contributed by atoms with van der Waals surface area (Å²) in [7, 11) is 5.66. The Hall–Kier alpha value is -1.55. The quantitative estimate of drug-likeness (QED) is 0.298. The van der Waals surface area contributed by atoms with E-state index in [4.69, 9.17) is 9.73 Å². The molecule has 2 N–H and O–H groups in total. The highest BCUT2D eigenvalue weighted by Gasteiger charge is 2.31. The molecule has 2 aliphatic heterocycles. The number of benzene rings is 1. The summed E-state index contributed by atoms with van der Waals surface area (Å²) in [4.78, 5) is 21.7. The van der Waals surface area contributed by atoms with E-state index in [1.54, 1.807) is 14.2 Å². The summed E-state index contributed by atoms with van der Waals surface area (Å²) in [5.74, 6) is 3.03. The van der Waals surface area contributed by atoms with Crippen molar-refractivity contribution in [2.45, 2.75) is 45.1 Å². The van der Waals surface area contributed by atoms with Crippen molar-refractivity contribution in [3.8, 4) is 5.75 Å². The number of guanidine groups is 1. The maximum absolute atomic E-state index is 11.7. The molecule has 3 rings (SSSR count). The molecule has 2 aliphatic rings. The largest absolute Gasteiger partial charge is 0.497 e. The van der Waals surface area contributed by atoms with Crippen LogP contribution in [0, 0.1) is 11.8 Å². The topological polar surface area (TPSA) is 69.2 Å². The number of hydrogen-bond donors (Lipinski definition) is 2. The number of aliphatic imine (C=N–C) groups is 1. The lowest BCUT2D eigenvalue weighted by Crippen LogP contribution is -2.46. The van der Waals surface area contributed by atoms with Gasteiger partial charge < -0.3 is 20.3 Å². The van der Waals surface area contributed by atoms with Crippen molar-refractivity contribution in [2.75, 3.05) is 53.9 Å². The predicted molar refractivity (Wildman–Crippen MR) is 145 cm³/mol. The fourth-order valence-electron chi connectivity index (χ4n) is 5.12. The molecule has 0 aliphatic carbocycles.